The Kier molecular flexibility index (Phi) is 2.95. The summed E-state index contributed by atoms with van der Waals surface area (Å²) in [6.07, 6.45) is 0. The molecule has 2 heteroatoms. The van der Waals surface area contributed by atoms with Gasteiger partial charge in [0.1, 0.15) is 23.0 Å². The smallest absolute Gasteiger partial charge is 0.110 e. The Bertz CT molecular complexity index is 91.6. The molecule has 0 radical (unpaired) electrons. The monoisotopic (exact) mass is 242 g/mol. The van der Waals surface area contributed by atoms with E-state index in [1.165, 1.54) is 0 Å². The van der Waals surface area contributed by atoms with Crippen LogP contribution in [0.1, 0.15) is 34.6 Å². The van der Waals surface area contributed by atoms with Gasteiger partial charge in [-0.2, -0.15) is 0 Å². The van der Waals surface area contributed by atoms with Crippen molar-refractivity contribution in [3.63, 3.8) is 0 Å². The van der Waals surface area contributed by atoms with Crippen molar-refractivity contribution in [2.45, 2.75) is 40.2 Å². The Morgan fingerprint density at radius 1 is 1.00 bits per heavy atom. The first kappa shape index (κ1) is 9.69. The Morgan fingerprint density at radius 2 is 1.33 bits per heavy atom. The first-order valence-electron chi connectivity index (χ1n) is 3.11. The molecule has 0 unspecified atom stereocenters. The van der Waals surface area contributed by atoms with Crippen LogP contribution in [0.3, 0.4) is 0 Å². The van der Waals surface area contributed by atoms with Crippen LogP contribution in [0.25, 0.3) is 0 Å². The first-order chi connectivity index (χ1) is 3.81. The molecule has 0 rings (SSSR count). The van der Waals surface area contributed by atoms with Gasteiger partial charge in [-0.3, -0.25) is 0 Å². The van der Waals surface area contributed by atoms with Gasteiger partial charge in [-0.15, -0.1) is 0 Å². The predicted octanol–water partition coefficient (Wildman–Crippen LogP) is 3.18. The topological polar surface area (TPSA) is 9.23 Å². The lowest BCUT2D eigenvalue weighted by atomic mass is 9.79. The van der Waals surface area contributed by atoms with Crippen molar-refractivity contribution in [1.82, 2.24) is 0 Å². The zero-order valence-electron chi connectivity index (χ0n) is 6.79. The van der Waals surface area contributed by atoms with Gasteiger partial charge in [-0.25, -0.2) is 0 Å². The molecular formula is C7H15IO. The van der Waals surface area contributed by atoms with Crippen LogP contribution < -0.4 is 0 Å². The lowest BCUT2D eigenvalue weighted by molar-refractivity contribution is 0.0414. The minimum Gasteiger partial charge on any atom is -0.309 e. The zero-order chi connectivity index (χ0) is 7.71. The fraction of sp³-hybridized carbons (Fsp3) is 1.00. The van der Waals surface area contributed by atoms with Crippen LogP contribution in [-0.4, -0.2) is 5.60 Å². The summed E-state index contributed by atoms with van der Waals surface area (Å²) in [7, 11) is 0. The number of hydrogen-bond acceptors (Lipinski definition) is 1. The maximum absolute atomic E-state index is 5.27. The summed E-state index contributed by atoms with van der Waals surface area (Å²) < 4.78 is 5.27. The minimum atomic E-state index is -0.0342. The van der Waals surface area contributed by atoms with Gasteiger partial charge in [0.15, 0.2) is 0 Å². The third-order valence-corrected chi connectivity index (χ3v) is 3.10. The quantitative estimate of drug-likeness (QED) is 0.641. The number of halogens is 1. The van der Waals surface area contributed by atoms with Gasteiger partial charge in [-0.05, 0) is 19.3 Å². The van der Waals surface area contributed by atoms with Gasteiger partial charge < -0.3 is 3.07 Å². The zero-order valence-corrected chi connectivity index (χ0v) is 8.94. The SMILES string of the molecule is CC(C)(C)C(C)(C)OI. The van der Waals surface area contributed by atoms with E-state index in [0.717, 1.165) is 0 Å². The molecule has 0 N–H and O–H groups in total. The first-order valence-corrected chi connectivity index (χ1v) is 3.99. The van der Waals surface area contributed by atoms with Gasteiger partial charge in [0.05, 0.1) is 5.60 Å². The lowest BCUT2D eigenvalue weighted by Gasteiger charge is -2.35. The van der Waals surface area contributed by atoms with E-state index in [-0.39, 0.29) is 11.0 Å². The van der Waals surface area contributed by atoms with Crippen LogP contribution in [0.4, 0.5) is 0 Å². The summed E-state index contributed by atoms with van der Waals surface area (Å²) in [6, 6.07) is 0. The molecule has 0 bridgehead atoms. The fourth-order valence-corrected chi connectivity index (χ4v) is 0.776. The average Bonchev–Trinajstić information content (AvgIpc) is 1.64. The van der Waals surface area contributed by atoms with Crippen molar-refractivity contribution in [2.24, 2.45) is 5.41 Å². The number of hydrogen-bond donors (Lipinski definition) is 0. The second-order valence-corrected chi connectivity index (χ2v) is 4.28. The summed E-state index contributed by atoms with van der Waals surface area (Å²) in [6.45, 7) is 10.7. The summed E-state index contributed by atoms with van der Waals surface area (Å²) in [5.74, 6) is 0. The molecule has 0 amide bonds. The lowest BCUT2D eigenvalue weighted by Crippen LogP contribution is -2.36. The Labute approximate surface area is 71.9 Å². The van der Waals surface area contributed by atoms with E-state index in [2.05, 4.69) is 34.6 Å². The van der Waals surface area contributed by atoms with E-state index >= 15 is 0 Å². The fourth-order valence-electron chi connectivity index (χ4n) is 0.116. The molecule has 9 heavy (non-hydrogen) atoms. The minimum absolute atomic E-state index is 0.0342. The van der Waals surface area contributed by atoms with Gasteiger partial charge in [0.25, 0.3) is 0 Å². The maximum atomic E-state index is 5.27. The van der Waals surface area contributed by atoms with E-state index in [1.807, 2.05) is 23.0 Å². The van der Waals surface area contributed by atoms with Gasteiger partial charge in [0.2, 0.25) is 0 Å². The van der Waals surface area contributed by atoms with Crippen molar-refractivity contribution >= 4 is 23.0 Å². The van der Waals surface area contributed by atoms with Crippen molar-refractivity contribution < 1.29 is 3.07 Å². The van der Waals surface area contributed by atoms with Crippen LogP contribution in [0.15, 0.2) is 0 Å². The van der Waals surface area contributed by atoms with Gasteiger partial charge in [0, 0.05) is 0 Å². The molecule has 1 nitrogen and oxygen atoms in total. The van der Waals surface area contributed by atoms with Crippen molar-refractivity contribution in [1.29, 1.82) is 0 Å². The highest BCUT2D eigenvalue weighted by Crippen LogP contribution is 2.34. The van der Waals surface area contributed by atoms with E-state index in [1.54, 1.807) is 0 Å². The van der Waals surface area contributed by atoms with Crippen LogP contribution in [0.5, 0.6) is 0 Å². The number of rotatable bonds is 1. The van der Waals surface area contributed by atoms with Gasteiger partial charge in [-0.1, -0.05) is 20.8 Å². The molecule has 0 saturated carbocycles. The third kappa shape index (κ3) is 2.42. The molecule has 0 aliphatic carbocycles. The molecular weight excluding hydrogens is 227 g/mol. The van der Waals surface area contributed by atoms with E-state index in [0.29, 0.717) is 0 Å². The van der Waals surface area contributed by atoms with Crippen LogP contribution in [0.2, 0.25) is 0 Å². The maximum Gasteiger partial charge on any atom is 0.110 e. The molecule has 0 aromatic rings. The predicted molar refractivity (Wildman–Crippen MR) is 48.6 cm³/mol. The Morgan fingerprint density at radius 3 is 1.33 bits per heavy atom. The summed E-state index contributed by atoms with van der Waals surface area (Å²) >= 11 is 1.96. The second-order valence-electron chi connectivity index (χ2n) is 3.84. The molecule has 0 aliphatic rings. The molecule has 0 atom stereocenters. The summed E-state index contributed by atoms with van der Waals surface area (Å²) in [5.41, 5.74) is 0.182. The molecule has 0 aromatic heterocycles. The normalized spacial score (nSPS) is 14.0. The largest absolute Gasteiger partial charge is 0.309 e. The molecule has 56 valence electrons. The van der Waals surface area contributed by atoms with Crippen molar-refractivity contribution in [3.05, 3.63) is 0 Å². The average molecular weight is 242 g/mol. The molecule has 0 spiro atoms. The highest BCUT2D eigenvalue weighted by molar-refractivity contribution is 14.1. The molecule has 0 fully saturated rings. The third-order valence-electron chi connectivity index (χ3n) is 2.00. The Hall–Kier alpha value is 0.690. The molecule has 0 aliphatic heterocycles. The Balaban J connectivity index is 4.14. The highest BCUT2D eigenvalue weighted by Gasteiger charge is 2.33. The molecule has 0 heterocycles. The van der Waals surface area contributed by atoms with Crippen molar-refractivity contribution in [3.8, 4) is 0 Å². The summed E-state index contributed by atoms with van der Waals surface area (Å²) in [5, 5.41) is 0. The van der Waals surface area contributed by atoms with Crippen LogP contribution in [0, 0.1) is 5.41 Å². The molecule has 0 aromatic carbocycles. The highest BCUT2D eigenvalue weighted by atomic mass is 127. The van der Waals surface area contributed by atoms with Gasteiger partial charge >= 0.3 is 0 Å². The standard InChI is InChI=1S/C7H15IO/c1-6(2,3)7(4,5)9-8/h1-5H3. The van der Waals surface area contributed by atoms with Crippen LogP contribution in [-0.2, 0) is 3.07 Å². The van der Waals surface area contributed by atoms with E-state index in [9.17, 15) is 0 Å². The second kappa shape index (κ2) is 2.74. The van der Waals surface area contributed by atoms with E-state index in [4.69, 9.17) is 3.07 Å². The van der Waals surface area contributed by atoms with Crippen molar-refractivity contribution in [2.75, 3.05) is 0 Å². The molecule has 0 saturated heterocycles. The summed E-state index contributed by atoms with van der Waals surface area (Å²) in [4.78, 5) is 0. The van der Waals surface area contributed by atoms with E-state index < -0.39 is 0 Å². The van der Waals surface area contributed by atoms with Crippen LogP contribution >= 0.6 is 23.0 Å².